The molecule has 0 N–H and O–H groups in total. The van der Waals surface area contributed by atoms with E-state index in [9.17, 15) is 4.39 Å². The lowest BCUT2D eigenvalue weighted by Crippen LogP contribution is -1.91. The van der Waals surface area contributed by atoms with Crippen LogP contribution in [0.4, 0.5) is 4.39 Å². The lowest BCUT2D eigenvalue weighted by atomic mass is 10.2. The van der Waals surface area contributed by atoms with Gasteiger partial charge in [0.25, 0.3) is 0 Å². The van der Waals surface area contributed by atoms with Gasteiger partial charge in [-0.15, -0.1) is 0 Å². The highest BCUT2D eigenvalue weighted by Crippen LogP contribution is 2.34. The maximum absolute atomic E-state index is 13.0. The monoisotopic (exact) mass is 314 g/mol. The van der Waals surface area contributed by atoms with E-state index in [4.69, 9.17) is 16.3 Å². The zero-order chi connectivity index (χ0) is 12.3. The molecule has 1 nitrogen and oxygen atoms in total. The molecule has 2 rings (SSSR count). The third-order valence-corrected chi connectivity index (χ3v) is 3.11. The molecule has 0 aliphatic heterocycles. The van der Waals surface area contributed by atoms with E-state index in [1.54, 1.807) is 18.2 Å². The predicted molar refractivity (Wildman–Crippen MR) is 70.6 cm³/mol. The maximum Gasteiger partial charge on any atom is 0.150 e. The molecule has 0 aromatic heterocycles. The van der Waals surface area contributed by atoms with Gasteiger partial charge in [0.2, 0.25) is 0 Å². The average molecular weight is 316 g/mol. The Hall–Kier alpha value is -1.06. The molecule has 2 aromatic rings. The number of alkyl halides is 1. The second-order valence-corrected chi connectivity index (χ2v) is 4.39. The first-order chi connectivity index (χ1) is 8.20. The molecule has 17 heavy (non-hydrogen) atoms. The highest BCUT2D eigenvalue weighted by molar-refractivity contribution is 9.08. The molecule has 2 aromatic carbocycles. The van der Waals surface area contributed by atoms with Gasteiger partial charge in [-0.05, 0) is 18.2 Å². The molecule has 0 atom stereocenters. The fourth-order valence-electron chi connectivity index (χ4n) is 1.42. The van der Waals surface area contributed by atoms with Crippen LogP contribution in [0.5, 0.6) is 11.5 Å². The van der Waals surface area contributed by atoms with Gasteiger partial charge in [0, 0.05) is 17.0 Å². The molecule has 0 bridgehead atoms. The lowest BCUT2D eigenvalue weighted by molar-refractivity contribution is 0.473. The van der Waals surface area contributed by atoms with Crippen molar-refractivity contribution in [1.82, 2.24) is 0 Å². The second kappa shape index (κ2) is 5.52. The van der Waals surface area contributed by atoms with E-state index in [1.807, 2.05) is 12.1 Å². The molecule has 0 aliphatic rings. The zero-order valence-corrected chi connectivity index (χ0v) is 11.1. The van der Waals surface area contributed by atoms with Crippen molar-refractivity contribution in [2.75, 3.05) is 0 Å². The van der Waals surface area contributed by atoms with Crippen LogP contribution in [0.3, 0.4) is 0 Å². The van der Waals surface area contributed by atoms with Gasteiger partial charge in [-0.25, -0.2) is 4.39 Å². The largest absolute Gasteiger partial charge is 0.455 e. The van der Waals surface area contributed by atoms with Crippen LogP contribution in [-0.4, -0.2) is 0 Å². The Kier molecular flexibility index (Phi) is 4.02. The first-order valence-corrected chi connectivity index (χ1v) is 6.47. The molecule has 0 spiro atoms. The smallest absolute Gasteiger partial charge is 0.150 e. The normalized spacial score (nSPS) is 10.3. The van der Waals surface area contributed by atoms with Gasteiger partial charge in [0.15, 0.2) is 0 Å². The van der Waals surface area contributed by atoms with Crippen LogP contribution in [0.2, 0.25) is 5.02 Å². The lowest BCUT2D eigenvalue weighted by Gasteiger charge is -2.11. The standard InChI is InChI=1S/C13H9BrClFO/c14-8-9-3-1-6-12(15)13(9)17-11-5-2-4-10(16)7-11/h1-7H,8H2. The van der Waals surface area contributed by atoms with Crippen LogP contribution in [-0.2, 0) is 5.33 Å². The Morgan fingerprint density at radius 1 is 1.18 bits per heavy atom. The first-order valence-electron chi connectivity index (χ1n) is 4.97. The Balaban J connectivity index is 2.35. The summed E-state index contributed by atoms with van der Waals surface area (Å²) in [6.45, 7) is 0. The summed E-state index contributed by atoms with van der Waals surface area (Å²) in [5.74, 6) is 0.645. The summed E-state index contributed by atoms with van der Waals surface area (Å²) >= 11 is 9.42. The van der Waals surface area contributed by atoms with Crippen LogP contribution in [0.25, 0.3) is 0 Å². The van der Waals surface area contributed by atoms with Crippen LogP contribution >= 0.6 is 27.5 Å². The quantitative estimate of drug-likeness (QED) is 0.710. The fourth-order valence-corrected chi connectivity index (χ4v) is 2.10. The van der Waals surface area contributed by atoms with Gasteiger partial charge >= 0.3 is 0 Å². The molecule has 0 aliphatic carbocycles. The number of halogens is 3. The van der Waals surface area contributed by atoms with E-state index in [0.717, 1.165) is 5.56 Å². The molecule has 0 amide bonds. The third kappa shape index (κ3) is 2.99. The van der Waals surface area contributed by atoms with Crippen molar-refractivity contribution in [2.45, 2.75) is 5.33 Å². The van der Waals surface area contributed by atoms with Crippen LogP contribution in [0, 0.1) is 5.82 Å². The minimum Gasteiger partial charge on any atom is -0.455 e. The van der Waals surface area contributed by atoms with Crippen molar-refractivity contribution >= 4 is 27.5 Å². The molecule has 0 fully saturated rings. The van der Waals surface area contributed by atoms with E-state index in [2.05, 4.69) is 15.9 Å². The molecule has 0 radical (unpaired) electrons. The van der Waals surface area contributed by atoms with Gasteiger partial charge in [-0.1, -0.05) is 45.7 Å². The highest BCUT2D eigenvalue weighted by atomic mass is 79.9. The summed E-state index contributed by atoms with van der Waals surface area (Å²) in [5.41, 5.74) is 0.918. The molecular weight excluding hydrogens is 306 g/mol. The molecular formula is C13H9BrClFO. The summed E-state index contributed by atoms with van der Waals surface area (Å²) in [6, 6.07) is 11.4. The summed E-state index contributed by atoms with van der Waals surface area (Å²) in [4.78, 5) is 0. The first kappa shape index (κ1) is 12.4. The minimum absolute atomic E-state index is 0.338. The predicted octanol–water partition coefficient (Wildman–Crippen LogP) is 5.17. The van der Waals surface area contributed by atoms with Crippen molar-refractivity contribution in [3.8, 4) is 11.5 Å². The van der Waals surface area contributed by atoms with Crippen molar-refractivity contribution in [1.29, 1.82) is 0 Å². The third-order valence-electron chi connectivity index (χ3n) is 2.21. The Morgan fingerprint density at radius 3 is 2.65 bits per heavy atom. The van der Waals surface area contributed by atoms with Gasteiger partial charge < -0.3 is 4.74 Å². The van der Waals surface area contributed by atoms with Gasteiger partial charge in [-0.2, -0.15) is 0 Å². The molecule has 0 saturated heterocycles. The van der Waals surface area contributed by atoms with Crippen molar-refractivity contribution in [2.24, 2.45) is 0 Å². The van der Waals surface area contributed by atoms with Crippen molar-refractivity contribution in [3.63, 3.8) is 0 Å². The second-order valence-electron chi connectivity index (χ2n) is 3.42. The Bertz CT molecular complexity index is 531. The molecule has 0 saturated carbocycles. The number of ether oxygens (including phenoxy) is 1. The molecule has 88 valence electrons. The van der Waals surface area contributed by atoms with Crippen molar-refractivity contribution < 1.29 is 9.13 Å². The Morgan fingerprint density at radius 2 is 1.94 bits per heavy atom. The average Bonchev–Trinajstić information content (AvgIpc) is 2.32. The Labute approximate surface area is 112 Å². The summed E-state index contributed by atoms with van der Waals surface area (Å²) in [6.07, 6.45) is 0. The summed E-state index contributed by atoms with van der Waals surface area (Å²) < 4.78 is 18.6. The van der Waals surface area contributed by atoms with Crippen LogP contribution in [0.1, 0.15) is 5.56 Å². The fraction of sp³-hybridized carbons (Fsp3) is 0.0769. The van der Waals surface area contributed by atoms with Gasteiger partial charge in [0.05, 0.1) is 5.02 Å². The zero-order valence-electron chi connectivity index (χ0n) is 8.79. The SMILES string of the molecule is Fc1cccc(Oc2c(Cl)cccc2CBr)c1. The van der Waals surface area contributed by atoms with Crippen molar-refractivity contribution in [3.05, 3.63) is 58.9 Å². The van der Waals surface area contributed by atoms with E-state index in [0.29, 0.717) is 21.9 Å². The molecule has 4 heteroatoms. The number of hydrogen-bond acceptors (Lipinski definition) is 1. The minimum atomic E-state index is -0.338. The van der Waals surface area contributed by atoms with Crippen LogP contribution in [0.15, 0.2) is 42.5 Å². The number of rotatable bonds is 3. The van der Waals surface area contributed by atoms with E-state index >= 15 is 0 Å². The van der Waals surface area contributed by atoms with Crippen LogP contribution < -0.4 is 4.74 Å². The van der Waals surface area contributed by atoms with E-state index in [1.165, 1.54) is 12.1 Å². The molecule has 0 heterocycles. The number of benzene rings is 2. The summed E-state index contributed by atoms with van der Waals surface area (Å²) in [5, 5.41) is 1.13. The van der Waals surface area contributed by atoms with Gasteiger partial charge in [0.1, 0.15) is 17.3 Å². The molecule has 0 unspecified atom stereocenters. The number of para-hydroxylation sites is 1. The number of hydrogen-bond donors (Lipinski definition) is 0. The van der Waals surface area contributed by atoms with E-state index < -0.39 is 0 Å². The van der Waals surface area contributed by atoms with Gasteiger partial charge in [-0.3, -0.25) is 0 Å². The topological polar surface area (TPSA) is 9.23 Å². The summed E-state index contributed by atoms with van der Waals surface area (Å²) in [7, 11) is 0. The highest BCUT2D eigenvalue weighted by Gasteiger charge is 2.08. The maximum atomic E-state index is 13.0. The van der Waals surface area contributed by atoms with E-state index in [-0.39, 0.29) is 5.82 Å².